The lowest BCUT2D eigenvalue weighted by atomic mass is 10.0. The lowest BCUT2D eigenvalue weighted by molar-refractivity contribution is -0.111. The predicted molar refractivity (Wildman–Crippen MR) is 74.6 cm³/mol. The van der Waals surface area contributed by atoms with Gasteiger partial charge in [-0.15, -0.1) is 0 Å². The topological polar surface area (TPSA) is 17.1 Å². The highest BCUT2D eigenvalue weighted by Gasteiger charge is 2.04. The molecular formula is C15H13BrO. The van der Waals surface area contributed by atoms with Gasteiger partial charge in [0.25, 0.3) is 0 Å². The third-order valence-corrected chi connectivity index (χ3v) is 3.11. The van der Waals surface area contributed by atoms with Crippen LogP contribution in [0.3, 0.4) is 0 Å². The smallest absolute Gasteiger partial charge is 0.185 e. The molecule has 0 saturated carbocycles. The molecule has 0 radical (unpaired) electrons. The van der Waals surface area contributed by atoms with E-state index < -0.39 is 0 Å². The first-order chi connectivity index (χ1) is 8.25. The van der Waals surface area contributed by atoms with E-state index in [0.717, 1.165) is 28.5 Å². The van der Waals surface area contributed by atoms with Crippen LogP contribution in [-0.2, 0) is 4.79 Å². The first kappa shape index (κ1) is 12.1. The Morgan fingerprint density at radius 3 is 2.59 bits per heavy atom. The van der Waals surface area contributed by atoms with Crippen LogP contribution >= 0.6 is 15.9 Å². The zero-order chi connectivity index (χ0) is 12.1. The van der Waals surface area contributed by atoms with E-state index in [1.54, 1.807) is 6.08 Å². The van der Waals surface area contributed by atoms with Crippen LogP contribution in [0.15, 0.2) is 58.6 Å². The van der Waals surface area contributed by atoms with Crippen molar-refractivity contribution in [3.63, 3.8) is 0 Å². The lowest BCUT2D eigenvalue weighted by Gasteiger charge is -2.02. The lowest BCUT2D eigenvalue weighted by Crippen LogP contribution is -1.97. The van der Waals surface area contributed by atoms with E-state index in [1.165, 1.54) is 0 Å². The minimum Gasteiger partial charge on any atom is -0.289 e. The molecule has 1 nitrogen and oxygen atoms in total. The quantitative estimate of drug-likeness (QED) is 0.758. The summed E-state index contributed by atoms with van der Waals surface area (Å²) in [5, 5.41) is 0. The van der Waals surface area contributed by atoms with Crippen molar-refractivity contribution in [2.75, 3.05) is 0 Å². The summed E-state index contributed by atoms with van der Waals surface area (Å²) in [4.78, 5) is 11.8. The number of hydrogen-bond acceptors (Lipinski definition) is 1. The monoisotopic (exact) mass is 288 g/mol. The number of allylic oxidation sites excluding steroid dienone is 5. The zero-order valence-corrected chi connectivity index (χ0v) is 11.0. The number of carbonyl (C=O) groups excluding carboxylic acids is 1. The van der Waals surface area contributed by atoms with Crippen molar-refractivity contribution >= 4 is 27.8 Å². The molecule has 1 aromatic carbocycles. The summed E-state index contributed by atoms with van der Waals surface area (Å²) in [7, 11) is 0. The van der Waals surface area contributed by atoms with Gasteiger partial charge in [0, 0.05) is 10.0 Å². The Hall–Kier alpha value is -1.41. The summed E-state index contributed by atoms with van der Waals surface area (Å²) in [5.41, 5.74) is 1.83. The van der Waals surface area contributed by atoms with E-state index in [9.17, 15) is 4.79 Å². The van der Waals surface area contributed by atoms with E-state index in [1.807, 2.05) is 48.6 Å². The van der Waals surface area contributed by atoms with Crippen LogP contribution in [0.1, 0.15) is 18.4 Å². The third kappa shape index (κ3) is 3.53. The van der Waals surface area contributed by atoms with Gasteiger partial charge in [0.15, 0.2) is 5.78 Å². The molecule has 2 heteroatoms. The van der Waals surface area contributed by atoms with Crippen LogP contribution in [0.5, 0.6) is 0 Å². The highest BCUT2D eigenvalue weighted by atomic mass is 79.9. The van der Waals surface area contributed by atoms with Gasteiger partial charge in [0.05, 0.1) is 0 Å². The van der Waals surface area contributed by atoms with Crippen molar-refractivity contribution in [1.82, 2.24) is 0 Å². The minimum atomic E-state index is 0.0730. The third-order valence-electron chi connectivity index (χ3n) is 2.58. The van der Waals surface area contributed by atoms with E-state index in [2.05, 4.69) is 15.9 Å². The highest BCUT2D eigenvalue weighted by molar-refractivity contribution is 9.10. The molecule has 0 saturated heterocycles. The fraction of sp³-hybridized carbons (Fsp3) is 0.133. The Balaban J connectivity index is 2.05. The molecule has 1 aromatic rings. The Morgan fingerprint density at radius 1 is 1.18 bits per heavy atom. The largest absolute Gasteiger partial charge is 0.289 e. The van der Waals surface area contributed by atoms with E-state index in [0.29, 0.717) is 0 Å². The van der Waals surface area contributed by atoms with Gasteiger partial charge in [-0.1, -0.05) is 52.4 Å². The number of hydrogen-bond donors (Lipinski definition) is 0. The Labute approximate surface area is 110 Å². The Bertz CT molecular complexity index is 492. The van der Waals surface area contributed by atoms with Crippen LogP contribution in [0.2, 0.25) is 0 Å². The molecule has 0 aliphatic heterocycles. The van der Waals surface area contributed by atoms with Crippen LogP contribution < -0.4 is 0 Å². The highest BCUT2D eigenvalue weighted by Crippen LogP contribution is 2.14. The van der Waals surface area contributed by atoms with Gasteiger partial charge >= 0.3 is 0 Å². The Morgan fingerprint density at radius 2 is 1.94 bits per heavy atom. The number of halogens is 1. The van der Waals surface area contributed by atoms with Gasteiger partial charge in [0.1, 0.15) is 0 Å². The SMILES string of the molecule is O=C(/C=C/c1ccc(Br)cc1)C1=CCCC=C1. The summed E-state index contributed by atoms with van der Waals surface area (Å²) in [6.45, 7) is 0. The molecule has 0 atom stereocenters. The molecule has 0 unspecified atom stereocenters. The molecular weight excluding hydrogens is 276 g/mol. The van der Waals surface area contributed by atoms with Gasteiger partial charge in [-0.05, 0) is 36.6 Å². The van der Waals surface area contributed by atoms with E-state index >= 15 is 0 Å². The molecule has 0 spiro atoms. The molecule has 0 heterocycles. The second-order valence-electron chi connectivity index (χ2n) is 3.89. The average Bonchev–Trinajstić information content (AvgIpc) is 2.39. The molecule has 17 heavy (non-hydrogen) atoms. The van der Waals surface area contributed by atoms with Crippen molar-refractivity contribution < 1.29 is 4.79 Å². The first-order valence-corrected chi connectivity index (χ1v) is 6.40. The van der Waals surface area contributed by atoms with Crippen LogP contribution in [0, 0.1) is 0 Å². The maximum atomic E-state index is 11.8. The normalized spacial score (nSPS) is 15.0. The van der Waals surface area contributed by atoms with Crippen molar-refractivity contribution in [1.29, 1.82) is 0 Å². The number of rotatable bonds is 3. The molecule has 0 aromatic heterocycles. The van der Waals surface area contributed by atoms with Gasteiger partial charge < -0.3 is 0 Å². The number of benzene rings is 1. The number of ketones is 1. The molecule has 0 amide bonds. The van der Waals surface area contributed by atoms with Crippen molar-refractivity contribution in [2.24, 2.45) is 0 Å². The molecule has 1 aliphatic carbocycles. The van der Waals surface area contributed by atoms with Crippen molar-refractivity contribution in [2.45, 2.75) is 12.8 Å². The van der Waals surface area contributed by atoms with Crippen molar-refractivity contribution in [3.8, 4) is 0 Å². The summed E-state index contributed by atoms with van der Waals surface area (Å²) in [5.74, 6) is 0.0730. The first-order valence-electron chi connectivity index (χ1n) is 5.60. The summed E-state index contributed by atoms with van der Waals surface area (Å²) in [6.07, 6.45) is 11.4. The van der Waals surface area contributed by atoms with Crippen LogP contribution in [0.25, 0.3) is 6.08 Å². The standard InChI is InChI=1S/C15H13BrO/c16-14-9-6-12(7-10-14)8-11-15(17)13-4-2-1-3-5-13/h2,4-11H,1,3H2/b11-8+. The average molecular weight is 289 g/mol. The maximum absolute atomic E-state index is 11.8. The van der Waals surface area contributed by atoms with E-state index in [-0.39, 0.29) is 5.78 Å². The van der Waals surface area contributed by atoms with Gasteiger partial charge in [-0.25, -0.2) is 0 Å². The Kier molecular flexibility index (Phi) is 4.10. The van der Waals surface area contributed by atoms with Crippen LogP contribution in [-0.4, -0.2) is 5.78 Å². The molecule has 0 bridgehead atoms. The van der Waals surface area contributed by atoms with Crippen LogP contribution in [0.4, 0.5) is 0 Å². The molecule has 86 valence electrons. The number of carbonyl (C=O) groups is 1. The van der Waals surface area contributed by atoms with E-state index in [4.69, 9.17) is 0 Å². The van der Waals surface area contributed by atoms with Gasteiger partial charge in [0.2, 0.25) is 0 Å². The second-order valence-corrected chi connectivity index (χ2v) is 4.80. The summed E-state index contributed by atoms with van der Waals surface area (Å²) in [6, 6.07) is 7.87. The zero-order valence-electron chi connectivity index (χ0n) is 9.40. The molecule has 0 fully saturated rings. The molecule has 0 N–H and O–H groups in total. The summed E-state index contributed by atoms with van der Waals surface area (Å²) >= 11 is 3.38. The summed E-state index contributed by atoms with van der Waals surface area (Å²) < 4.78 is 1.04. The molecule has 2 rings (SSSR count). The van der Waals surface area contributed by atoms with Gasteiger partial charge in [-0.2, -0.15) is 0 Å². The predicted octanol–water partition coefficient (Wildman–Crippen LogP) is 4.31. The van der Waals surface area contributed by atoms with Gasteiger partial charge in [-0.3, -0.25) is 4.79 Å². The minimum absolute atomic E-state index is 0.0730. The second kappa shape index (κ2) is 5.78. The maximum Gasteiger partial charge on any atom is 0.185 e. The fourth-order valence-corrected chi connectivity index (χ4v) is 1.90. The molecule has 1 aliphatic rings. The van der Waals surface area contributed by atoms with Crippen molar-refractivity contribution in [3.05, 3.63) is 64.2 Å². The fourth-order valence-electron chi connectivity index (χ4n) is 1.64.